The highest BCUT2D eigenvalue weighted by Crippen LogP contribution is 2.26. The standard InChI is InChI=1S/C10H12N6O2/c1-17-8-4-3-7(5-9(8)18-2)6-12-16-10(11)13-14-15-16/h3-6H,1-2H3,(H2,11,13,15)/b12-6+. The molecule has 1 heterocycles. The zero-order chi connectivity index (χ0) is 13.0. The molecular weight excluding hydrogens is 236 g/mol. The van der Waals surface area contributed by atoms with Crippen LogP contribution in [-0.4, -0.2) is 40.8 Å². The van der Waals surface area contributed by atoms with E-state index in [4.69, 9.17) is 15.2 Å². The SMILES string of the molecule is COc1ccc(/C=N/n2nnnc2N)cc1OC. The van der Waals surface area contributed by atoms with E-state index in [0.29, 0.717) is 11.5 Å². The Hall–Kier alpha value is -2.64. The quantitative estimate of drug-likeness (QED) is 0.773. The van der Waals surface area contributed by atoms with Gasteiger partial charge < -0.3 is 15.2 Å². The molecule has 8 nitrogen and oxygen atoms in total. The maximum Gasteiger partial charge on any atom is 0.263 e. The van der Waals surface area contributed by atoms with Gasteiger partial charge in [0.05, 0.1) is 20.4 Å². The summed E-state index contributed by atoms with van der Waals surface area (Å²) >= 11 is 0. The summed E-state index contributed by atoms with van der Waals surface area (Å²) in [5.41, 5.74) is 6.28. The third-order valence-electron chi connectivity index (χ3n) is 2.20. The molecule has 0 fully saturated rings. The Morgan fingerprint density at radius 2 is 2.06 bits per heavy atom. The lowest BCUT2D eigenvalue weighted by Gasteiger charge is -2.07. The van der Waals surface area contributed by atoms with Crippen molar-refractivity contribution < 1.29 is 9.47 Å². The average Bonchev–Trinajstić information content (AvgIpc) is 2.81. The first-order chi connectivity index (χ1) is 8.74. The lowest BCUT2D eigenvalue weighted by molar-refractivity contribution is 0.355. The number of anilines is 1. The van der Waals surface area contributed by atoms with Crippen molar-refractivity contribution in [3.8, 4) is 11.5 Å². The first-order valence-electron chi connectivity index (χ1n) is 5.05. The second kappa shape index (κ2) is 5.13. The number of benzene rings is 1. The minimum atomic E-state index is 0.117. The number of nitrogens with two attached hydrogens (primary N) is 1. The fourth-order valence-corrected chi connectivity index (χ4v) is 1.33. The third kappa shape index (κ3) is 2.37. The van der Waals surface area contributed by atoms with Crippen LogP contribution in [0.1, 0.15) is 5.56 Å². The van der Waals surface area contributed by atoms with E-state index in [2.05, 4.69) is 20.6 Å². The van der Waals surface area contributed by atoms with Crippen molar-refractivity contribution in [2.45, 2.75) is 0 Å². The van der Waals surface area contributed by atoms with Crippen molar-refractivity contribution in [3.63, 3.8) is 0 Å². The monoisotopic (exact) mass is 248 g/mol. The third-order valence-corrected chi connectivity index (χ3v) is 2.20. The van der Waals surface area contributed by atoms with E-state index in [0.717, 1.165) is 10.4 Å². The Bertz CT molecular complexity index is 565. The van der Waals surface area contributed by atoms with Crippen molar-refractivity contribution in [1.29, 1.82) is 0 Å². The molecule has 0 aliphatic carbocycles. The van der Waals surface area contributed by atoms with Crippen LogP contribution in [0.15, 0.2) is 23.3 Å². The molecule has 8 heteroatoms. The summed E-state index contributed by atoms with van der Waals surface area (Å²) in [5, 5.41) is 14.5. The molecule has 1 aromatic heterocycles. The van der Waals surface area contributed by atoms with E-state index in [1.54, 1.807) is 32.6 Å². The highest BCUT2D eigenvalue weighted by Gasteiger charge is 2.03. The van der Waals surface area contributed by atoms with E-state index in [1.807, 2.05) is 6.07 Å². The van der Waals surface area contributed by atoms with Gasteiger partial charge in [-0.25, -0.2) is 0 Å². The number of methoxy groups -OCH3 is 2. The molecule has 2 aromatic rings. The van der Waals surface area contributed by atoms with Gasteiger partial charge in [-0.05, 0) is 34.2 Å². The Morgan fingerprint density at radius 1 is 1.28 bits per heavy atom. The van der Waals surface area contributed by atoms with Crippen molar-refractivity contribution in [1.82, 2.24) is 20.3 Å². The Kier molecular flexibility index (Phi) is 3.37. The molecule has 0 bridgehead atoms. The average molecular weight is 248 g/mol. The van der Waals surface area contributed by atoms with Gasteiger partial charge in [-0.1, -0.05) is 9.89 Å². The number of tetrazole rings is 1. The van der Waals surface area contributed by atoms with Crippen LogP contribution < -0.4 is 15.2 Å². The Balaban J connectivity index is 2.24. The normalized spacial score (nSPS) is 10.8. The topological polar surface area (TPSA) is 100 Å². The zero-order valence-corrected chi connectivity index (χ0v) is 9.94. The largest absolute Gasteiger partial charge is 0.493 e. The van der Waals surface area contributed by atoms with Crippen LogP contribution in [0.3, 0.4) is 0 Å². The van der Waals surface area contributed by atoms with Crippen molar-refractivity contribution >= 4 is 12.2 Å². The number of nitrogen functional groups attached to an aromatic ring is 1. The van der Waals surface area contributed by atoms with Crippen molar-refractivity contribution in [3.05, 3.63) is 23.8 Å². The Morgan fingerprint density at radius 3 is 2.67 bits per heavy atom. The predicted molar refractivity (Wildman–Crippen MR) is 64.8 cm³/mol. The van der Waals surface area contributed by atoms with Crippen LogP contribution in [0.4, 0.5) is 5.95 Å². The number of hydrogen-bond acceptors (Lipinski definition) is 7. The van der Waals surface area contributed by atoms with E-state index in [9.17, 15) is 0 Å². The number of aromatic nitrogens is 4. The first kappa shape index (κ1) is 11.8. The van der Waals surface area contributed by atoms with Gasteiger partial charge in [-0.15, -0.1) is 0 Å². The van der Waals surface area contributed by atoms with E-state index < -0.39 is 0 Å². The number of rotatable bonds is 4. The first-order valence-corrected chi connectivity index (χ1v) is 5.05. The molecule has 0 aliphatic heterocycles. The van der Waals surface area contributed by atoms with Crippen molar-refractivity contribution in [2.24, 2.45) is 5.10 Å². The molecule has 0 amide bonds. The molecule has 0 spiro atoms. The maximum atomic E-state index is 5.47. The van der Waals surface area contributed by atoms with Crippen LogP contribution >= 0.6 is 0 Å². The smallest absolute Gasteiger partial charge is 0.263 e. The van der Waals surface area contributed by atoms with Gasteiger partial charge in [-0.2, -0.15) is 5.10 Å². The molecule has 94 valence electrons. The summed E-state index contributed by atoms with van der Waals surface area (Å²) in [7, 11) is 3.14. The number of nitrogens with zero attached hydrogens (tertiary/aromatic N) is 5. The van der Waals surface area contributed by atoms with Crippen LogP contribution in [0.25, 0.3) is 0 Å². The van der Waals surface area contributed by atoms with Crippen LogP contribution in [0.5, 0.6) is 11.5 Å². The summed E-state index contributed by atoms with van der Waals surface area (Å²) in [6.07, 6.45) is 1.56. The van der Waals surface area contributed by atoms with Gasteiger partial charge in [0.1, 0.15) is 0 Å². The minimum Gasteiger partial charge on any atom is -0.493 e. The van der Waals surface area contributed by atoms with Gasteiger partial charge in [0.25, 0.3) is 5.95 Å². The fraction of sp³-hybridized carbons (Fsp3) is 0.200. The summed E-state index contributed by atoms with van der Waals surface area (Å²) in [4.78, 5) is 1.12. The minimum absolute atomic E-state index is 0.117. The van der Waals surface area contributed by atoms with Gasteiger partial charge in [0.2, 0.25) is 0 Å². The van der Waals surface area contributed by atoms with E-state index >= 15 is 0 Å². The molecular formula is C10H12N6O2. The maximum absolute atomic E-state index is 5.47. The molecule has 0 unspecified atom stereocenters. The predicted octanol–water partition coefficient (Wildman–Crippen LogP) is 0.155. The lowest BCUT2D eigenvalue weighted by atomic mass is 10.2. The van der Waals surface area contributed by atoms with Gasteiger partial charge >= 0.3 is 0 Å². The van der Waals surface area contributed by atoms with Crippen molar-refractivity contribution in [2.75, 3.05) is 20.0 Å². The second-order valence-corrected chi connectivity index (χ2v) is 3.29. The van der Waals surface area contributed by atoms with Crippen LogP contribution in [0, 0.1) is 0 Å². The van der Waals surface area contributed by atoms with E-state index in [-0.39, 0.29) is 5.95 Å². The molecule has 0 saturated heterocycles. The molecule has 2 N–H and O–H groups in total. The summed E-state index contributed by atoms with van der Waals surface area (Å²) in [6.45, 7) is 0. The van der Waals surface area contributed by atoms with Crippen LogP contribution in [-0.2, 0) is 0 Å². The molecule has 0 radical (unpaired) electrons. The summed E-state index contributed by atoms with van der Waals surface area (Å²) < 4.78 is 10.3. The van der Waals surface area contributed by atoms with Gasteiger partial charge in [0.15, 0.2) is 11.5 Å². The van der Waals surface area contributed by atoms with E-state index in [1.165, 1.54) is 0 Å². The highest BCUT2D eigenvalue weighted by atomic mass is 16.5. The second-order valence-electron chi connectivity index (χ2n) is 3.29. The number of hydrogen-bond donors (Lipinski definition) is 1. The Labute approximate surface area is 103 Å². The number of ether oxygens (including phenoxy) is 2. The molecule has 0 saturated carbocycles. The molecule has 0 aliphatic rings. The zero-order valence-electron chi connectivity index (χ0n) is 9.94. The van der Waals surface area contributed by atoms with Crippen LogP contribution in [0.2, 0.25) is 0 Å². The van der Waals surface area contributed by atoms with Gasteiger partial charge in [0, 0.05) is 0 Å². The molecule has 18 heavy (non-hydrogen) atoms. The summed E-state index contributed by atoms with van der Waals surface area (Å²) in [5.74, 6) is 1.38. The summed E-state index contributed by atoms with van der Waals surface area (Å²) in [6, 6.07) is 5.39. The van der Waals surface area contributed by atoms with Gasteiger partial charge in [-0.3, -0.25) is 0 Å². The molecule has 1 aromatic carbocycles. The molecule has 2 rings (SSSR count). The lowest BCUT2D eigenvalue weighted by Crippen LogP contribution is -2.00. The highest BCUT2D eigenvalue weighted by molar-refractivity contribution is 5.80. The molecule has 0 atom stereocenters. The fourth-order valence-electron chi connectivity index (χ4n) is 1.33.